The van der Waals surface area contributed by atoms with Crippen LogP contribution in [0.2, 0.25) is 0 Å². The number of nitrogens with one attached hydrogen (secondary N) is 2. The van der Waals surface area contributed by atoms with Gasteiger partial charge in [0.25, 0.3) is 5.56 Å². The van der Waals surface area contributed by atoms with E-state index in [9.17, 15) is 14.4 Å². The Morgan fingerprint density at radius 1 is 1.16 bits per heavy atom. The molecule has 0 bridgehead atoms. The third kappa shape index (κ3) is 3.88. The zero-order chi connectivity index (χ0) is 18.0. The predicted molar refractivity (Wildman–Crippen MR) is 96.1 cm³/mol. The maximum absolute atomic E-state index is 12.5. The Labute approximate surface area is 146 Å². The second-order valence-corrected chi connectivity index (χ2v) is 7.11. The fraction of sp³-hybridized carbons (Fsp3) is 0.706. The van der Waals surface area contributed by atoms with Crippen molar-refractivity contribution >= 4 is 11.8 Å². The van der Waals surface area contributed by atoms with Gasteiger partial charge in [0, 0.05) is 44.8 Å². The quantitative estimate of drug-likeness (QED) is 0.819. The van der Waals surface area contributed by atoms with Crippen LogP contribution in [0, 0.1) is 0 Å². The van der Waals surface area contributed by atoms with Crippen LogP contribution in [0.1, 0.15) is 39.0 Å². The number of anilines is 1. The van der Waals surface area contributed by atoms with Gasteiger partial charge >= 0.3 is 11.7 Å². The normalized spacial score (nSPS) is 22.1. The summed E-state index contributed by atoms with van der Waals surface area (Å²) in [7, 11) is 1.45. The van der Waals surface area contributed by atoms with E-state index in [0.717, 1.165) is 36.8 Å². The SMILES string of the molecule is CC1CCCCN1C(=O)NC1CCN(c2cc(=O)n(C)c(=O)[nH]2)CC1. The fourth-order valence-electron chi connectivity index (χ4n) is 3.64. The van der Waals surface area contributed by atoms with E-state index in [-0.39, 0.29) is 17.6 Å². The number of amides is 2. The molecular weight excluding hydrogens is 322 g/mol. The fourth-order valence-corrected chi connectivity index (χ4v) is 3.64. The van der Waals surface area contributed by atoms with Crippen molar-refractivity contribution in [2.75, 3.05) is 24.5 Å². The van der Waals surface area contributed by atoms with E-state index >= 15 is 0 Å². The number of urea groups is 1. The van der Waals surface area contributed by atoms with Crippen LogP contribution in [-0.4, -0.2) is 52.2 Å². The lowest BCUT2D eigenvalue weighted by atomic mass is 10.0. The third-order valence-electron chi connectivity index (χ3n) is 5.36. The summed E-state index contributed by atoms with van der Waals surface area (Å²) in [5, 5.41) is 3.15. The molecule has 2 N–H and O–H groups in total. The van der Waals surface area contributed by atoms with E-state index in [1.165, 1.54) is 19.5 Å². The monoisotopic (exact) mass is 349 g/mol. The molecule has 25 heavy (non-hydrogen) atoms. The largest absolute Gasteiger partial charge is 0.358 e. The molecule has 8 heteroatoms. The molecule has 0 spiro atoms. The first-order valence-corrected chi connectivity index (χ1v) is 9.08. The number of piperidine rings is 2. The standard InChI is InChI=1S/C17H27N5O3/c1-12-5-3-4-8-22(12)17(25)18-13-6-9-21(10-7-13)14-11-15(23)20(2)16(24)19-14/h11-13H,3-10H2,1-2H3,(H,18,25)(H,19,24). The van der Waals surface area contributed by atoms with Crippen molar-refractivity contribution in [3.63, 3.8) is 0 Å². The highest BCUT2D eigenvalue weighted by molar-refractivity contribution is 5.75. The number of nitrogens with zero attached hydrogens (tertiary/aromatic N) is 3. The maximum atomic E-state index is 12.5. The summed E-state index contributed by atoms with van der Waals surface area (Å²) in [6.07, 6.45) is 4.93. The summed E-state index contributed by atoms with van der Waals surface area (Å²) in [5.41, 5.74) is -0.717. The van der Waals surface area contributed by atoms with Crippen LogP contribution in [0.4, 0.5) is 10.6 Å². The zero-order valence-corrected chi connectivity index (χ0v) is 15.0. The summed E-state index contributed by atoms with van der Waals surface area (Å²) < 4.78 is 1.05. The van der Waals surface area contributed by atoms with Crippen molar-refractivity contribution in [1.82, 2.24) is 19.8 Å². The number of hydrogen-bond donors (Lipinski definition) is 2. The van der Waals surface area contributed by atoms with E-state index in [1.807, 2.05) is 9.80 Å². The van der Waals surface area contributed by atoms with Gasteiger partial charge in [0.1, 0.15) is 5.82 Å². The third-order valence-corrected chi connectivity index (χ3v) is 5.36. The molecule has 138 valence electrons. The van der Waals surface area contributed by atoms with Crippen LogP contribution in [-0.2, 0) is 7.05 Å². The maximum Gasteiger partial charge on any atom is 0.329 e. The van der Waals surface area contributed by atoms with Crippen LogP contribution < -0.4 is 21.5 Å². The average molecular weight is 349 g/mol. The molecule has 1 aromatic rings. The van der Waals surface area contributed by atoms with Crippen LogP contribution in [0.25, 0.3) is 0 Å². The van der Waals surface area contributed by atoms with Crippen molar-refractivity contribution in [2.24, 2.45) is 7.05 Å². The molecule has 1 atom stereocenters. The highest BCUT2D eigenvalue weighted by Gasteiger charge is 2.27. The molecule has 8 nitrogen and oxygen atoms in total. The Hall–Kier alpha value is -2.25. The number of carbonyl (C=O) groups is 1. The Balaban J connectivity index is 1.56. The molecule has 0 aliphatic carbocycles. The van der Waals surface area contributed by atoms with Gasteiger partial charge in [0.2, 0.25) is 0 Å². The molecule has 2 aliphatic rings. The van der Waals surface area contributed by atoms with Crippen molar-refractivity contribution in [3.8, 4) is 0 Å². The second-order valence-electron chi connectivity index (χ2n) is 7.11. The van der Waals surface area contributed by atoms with Crippen molar-refractivity contribution in [2.45, 2.75) is 51.1 Å². The predicted octanol–water partition coefficient (Wildman–Crippen LogP) is 0.626. The summed E-state index contributed by atoms with van der Waals surface area (Å²) in [6.45, 7) is 4.33. The molecule has 3 heterocycles. The first-order valence-electron chi connectivity index (χ1n) is 9.08. The Morgan fingerprint density at radius 3 is 2.52 bits per heavy atom. The molecule has 1 aromatic heterocycles. The van der Waals surface area contributed by atoms with Gasteiger partial charge in [0.15, 0.2) is 0 Å². The molecule has 1 unspecified atom stereocenters. The number of hydrogen-bond acceptors (Lipinski definition) is 4. The minimum Gasteiger partial charge on any atom is -0.358 e. The summed E-state index contributed by atoms with van der Waals surface area (Å²) >= 11 is 0. The molecule has 3 rings (SSSR count). The smallest absolute Gasteiger partial charge is 0.329 e. The van der Waals surface area contributed by atoms with Gasteiger partial charge in [-0.05, 0) is 39.0 Å². The number of aromatic nitrogens is 2. The summed E-state index contributed by atoms with van der Waals surface area (Å²) in [6, 6.07) is 1.93. The number of aromatic amines is 1. The summed E-state index contributed by atoms with van der Waals surface area (Å²) in [4.78, 5) is 42.6. The van der Waals surface area contributed by atoms with E-state index in [2.05, 4.69) is 17.2 Å². The molecule has 0 aromatic carbocycles. The molecule has 0 radical (unpaired) electrons. The molecular formula is C17H27N5O3. The van der Waals surface area contributed by atoms with Gasteiger partial charge in [-0.2, -0.15) is 0 Å². The number of rotatable bonds is 2. The van der Waals surface area contributed by atoms with Crippen molar-refractivity contribution in [3.05, 3.63) is 26.9 Å². The van der Waals surface area contributed by atoms with E-state index in [4.69, 9.17) is 0 Å². The Bertz CT molecular complexity index is 701. The average Bonchev–Trinajstić information content (AvgIpc) is 2.60. The van der Waals surface area contributed by atoms with Gasteiger partial charge < -0.3 is 15.1 Å². The van der Waals surface area contributed by atoms with Crippen LogP contribution in [0.15, 0.2) is 15.7 Å². The van der Waals surface area contributed by atoms with E-state index < -0.39 is 5.69 Å². The number of H-pyrrole nitrogens is 1. The molecule has 2 aliphatic heterocycles. The van der Waals surface area contributed by atoms with Gasteiger partial charge in [-0.25, -0.2) is 9.59 Å². The lowest BCUT2D eigenvalue weighted by molar-refractivity contribution is 0.153. The minimum absolute atomic E-state index is 0.0348. The highest BCUT2D eigenvalue weighted by Crippen LogP contribution is 2.19. The first kappa shape index (κ1) is 17.6. The first-order chi connectivity index (χ1) is 12.0. The number of likely N-dealkylation sites (tertiary alicyclic amines) is 1. The minimum atomic E-state index is -0.406. The Morgan fingerprint density at radius 2 is 1.88 bits per heavy atom. The van der Waals surface area contributed by atoms with Crippen LogP contribution >= 0.6 is 0 Å². The molecule has 2 amide bonds. The van der Waals surface area contributed by atoms with Gasteiger partial charge in [-0.15, -0.1) is 0 Å². The lowest BCUT2D eigenvalue weighted by Gasteiger charge is -2.37. The number of carbonyl (C=O) groups excluding carboxylic acids is 1. The van der Waals surface area contributed by atoms with Gasteiger partial charge in [-0.3, -0.25) is 14.3 Å². The lowest BCUT2D eigenvalue weighted by Crippen LogP contribution is -2.53. The van der Waals surface area contributed by atoms with Crippen LogP contribution in [0.3, 0.4) is 0 Å². The molecule has 2 saturated heterocycles. The highest BCUT2D eigenvalue weighted by atomic mass is 16.2. The topological polar surface area (TPSA) is 90.4 Å². The summed E-state index contributed by atoms with van der Waals surface area (Å²) in [5.74, 6) is 0.558. The molecule has 0 saturated carbocycles. The molecule has 2 fully saturated rings. The van der Waals surface area contributed by atoms with Gasteiger partial charge in [0.05, 0.1) is 0 Å². The van der Waals surface area contributed by atoms with Crippen molar-refractivity contribution in [1.29, 1.82) is 0 Å². The van der Waals surface area contributed by atoms with E-state index in [0.29, 0.717) is 24.9 Å². The second kappa shape index (κ2) is 7.33. The Kier molecular flexibility index (Phi) is 5.15. The van der Waals surface area contributed by atoms with Crippen molar-refractivity contribution < 1.29 is 4.79 Å². The van der Waals surface area contributed by atoms with E-state index in [1.54, 1.807) is 0 Å². The van der Waals surface area contributed by atoms with Crippen LogP contribution in [0.5, 0.6) is 0 Å². The van der Waals surface area contributed by atoms with Gasteiger partial charge in [-0.1, -0.05) is 0 Å². The zero-order valence-electron chi connectivity index (χ0n) is 15.0.